The lowest BCUT2D eigenvalue weighted by Gasteiger charge is -2.25. The first kappa shape index (κ1) is 19.4. The fourth-order valence-corrected chi connectivity index (χ4v) is 2.85. The van der Waals surface area contributed by atoms with Crippen molar-refractivity contribution < 1.29 is 14.3 Å². The van der Waals surface area contributed by atoms with Crippen molar-refractivity contribution in [2.45, 2.75) is 6.61 Å². The lowest BCUT2D eigenvalue weighted by molar-refractivity contribution is -0.123. The predicted molar refractivity (Wildman–Crippen MR) is 105 cm³/mol. The Labute approximate surface area is 163 Å². The van der Waals surface area contributed by atoms with Crippen LogP contribution in [0.4, 0.5) is 0 Å². The summed E-state index contributed by atoms with van der Waals surface area (Å²) >= 11 is 6.16. The largest absolute Gasteiger partial charge is 0.488 e. The van der Waals surface area contributed by atoms with Gasteiger partial charge in [0.05, 0.1) is 26.0 Å². The summed E-state index contributed by atoms with van der Waals surface area (Å²) in [6.45, 7) is 3.50. The number of para-hydroxylation sites is 1. The maximum absolute atomic E-state index is 12.0. The number of hydrogen-bond acceptors (Lipinski definition) is 5. The highest BCUT2D eigenvalue weighted by molar-refractivity contribution is 6.31. The average molecular weight is 388 g/mol. The van der Waals surface area contributed by atoms with E-state index < -0.39 is 0 Å². The van der Waals surface area contributed by atoms with Crippen molar-refractivity contribution in [2.75, 3.05) is 32.8 Å². The minimum atomic E-state index is -0.150. The molecule has 0 saturated carbocycles. The fraction of sp³-hybridized carbons (Fsp3) is 0.300. The summed E-state index contributed by atoms with van der Waals surface area (Å²) in [6.07, 6.45) is 1.58. The van der Waals surface area contributed by atoms with Crippen molar-refractivity contribution in [3.05, 3.63) is 64.7 Å². The molecule has 142 valence electrons. The number of ether oxygens (including phenoxy) is 2. The Kier molecular flexibility index (Phi) is 7.21. The average Bonchev–Trinajstić information content (AvgIpc) is 2.69. The molecule has 0 aromatic heterocycles. The highest BCUT2D eigenvalue weighted by Crippen LogP contribution is 2.20. The van der Waals surface area contributed by atoms with Crippen LogP contribution in [0.2, 0.25) is 5.02 Å². The zero-order valence-electron chi connectivity index (χ0n) is 14.9. The van der Waals surface area contributed by atoms with E-state index in [1.807, 2.05) is 53.4 Å². The number of nitrogens with zero attached hydrogens (tertiary/aromatic N) is 2. The number of morpholine rings is 1. The molecule has 1 fully saturated rings. The maximum atomic E-state index is 12.0. The molecule has 2 aromatic rings. The van der Waals surface area contributed by atoms with Crippen LogP contribution in [0.1, 0.15) is 11.1 Å². The molecule has 0 bridgehead atoms. The van der Waals surface area contributed by atoms with Gasteiger partial charge >= 0.3 is 0 Å². The number of nitrogens with one attached hydrogen (secondary N) is 1. The molecule has 3 rings (SSSR count). The molecule has 0 unspecified atom stereocenters. The zero-order chi connectivity index (χ0) is 18.9. The minimum Gasteiger partial charge on any atom is -0.488 e. The van der Waals surface area contributed by atoms with Crippen molar-refractivity contribution in [1.82, 2.24) is 10.3 Å². The minimum absolute atomic E-state index is 0.150. The van der Waals surface area contributed by atoms with E-state index in [2.05, 4.69) is 10.5 Å². The molecule has 1 heterocycles. The number of hydrogen-bond donors (Lipinski definition) is 1. The van der Waals surface area contributed by atoms with Gasteiger partial charge in [0.15, 0.2) is 0 Å². The molecular weight excluding hydrogens is 366 g/mol. The molecule has 27 heavy (non-hydrogen) atoms. The second kappa shape index (κ2) is 10.1. The van der Waals surface area contributed by atoms with Gasteiger partial charge in [-0.15, -0.1) is 0 Å². The molecule has 1 amide bonds. The Morgan fingerprint density at radius 3 is 2.74 bits per heavy atom. The van der Waals surface area contributed by atoms with Crippen LogP contribution in [0.3, 0.4) is 0 Å². The van der Waals surface area contributed by atoms with Gasteiger partial charge in [0.1, 0.15) is 12.4 Å². The van der Waals surface area contributed by atoms with E-state index in [1.54, 1.807) is 6.21 Å². The van der Waals surface area contributed by atoms with E-state index in [-0.39, 0.29) is 5.91 Å². The lowest BCUT2D eigenvalue weighted by atomic mass is 10.2. The molecule has 1 N–H and O–H groups in total. The number of hydrazone groups is 1. The smallest absolute Gasteiger partial charge is 0.254 e. The van der Waals surface area contributed by atoms with Crippen molar-refractivity contribution in [3.8, 4) is 5.75 Å². The van der Waals surface area contributed by atoms with Gasteiger partial charge < -0.3 is 9.47 Å². The first-order valence-corrected chi connectivity index (χ1v) is 9.17. The topological polar surface area (TPSA) is 63.2 Å². The highest BCUT2D eigenvalue weighted by atomic mass is 35.5. The Bertz CT molecular complexity index is 792. The summed E-state index contributed by atoms with van der Waals surface area (Å²) in [5.41, 5.74) is 4.24. The first-order chi connectivity index (χ1) is 13.2. The van der Waals surface area contributed by atoms with Gasteiger partial charge in [0, 0.05) is 29.2 Å². The zero-order valence-corrected chi connectivity index (χ0v) is 15.7. The van der Waals surface area contributed by atoms with E-state index in [1.165, 1.54) is 0 Å². The molecule has 0 spiro atoms. The Morgan fingerprint density at radius 1 is 1.19 bits per heavy atom. The van der Waals surface area contributed by atoms with E-state index in [0.717, 1.165) is 24.2 Å². The van der Waals surface area contributed by atoms with Crippen LogP contribution in [0.25, 0.3) is 0 Å². The molecular formula is C20H22ClN3O3. The van der Waals surface area contributed by atoms with Crippen LogP contribution >= 0.6 is 11.6 Å². The van der Waals surface area contributed by atoms with E-state index in [0.29, 0.717) is 37.1 Å². The molecule has 0 aliphatic carbocycles. The molecule has 2 aromatic carbocycles. The Hall–Kier alpha value is -2.41. The van der Waals surface area contributed by atoms with Crippen LogP contribution in [-0.2, 0) is 16.1 Å². The monoisotopic (exact) mass is 387 g/mol. The SMILES string of the molecule is O=C(CN1CCOCC1)NN=Cc1ccccc1OCc1ccccc1Cl. The molecule has 1 saturated heterocycles. The number of amides is 1. The van der Waals surface area contributed by atoms with Gasteiger partial charge in [-0.25, -0.2) is 5.43 Å². The lowest BCUT2D eigenvalue weighted by Crippen LogP contribution is -2.42. The van der Waals surface area contributed by atoms with Crippen LogP contribution in [0.15, 0.2) is 53.6 Å². The van der Waals surface area contributed by atoms with Crippen LogP contribution in [0.5, 0.6) is 5.75 Å². The van der Waals surface area contributed by atoms with Gasteiger partial charge in [-0.1, -0.05) is 41.9 Å². The summed E-state index contributed by atoms with van der Waals surface area (Å²) in [6, 6.07) is 15.1. The van der Waals surface area contributed by atoms with Crippen LogP contribution < -0.4 is 10.2 Å². The third-order valence-corrected chi connectivity index (χ3v) is 4.49. The second-order valence-electron chi connectivity index (χ2n) is 6.10. The second-order valence-corrected chi connectivity index (χ2v) is 6.51. The Balaban J connectivity index is 1.54. The van der Waals surface area contributed by atoms with E-state index in [4.69, 9.17) is 21.1 Å². The van der Waals surface area contributed by atoms with E-state index >= 15 is 0 Å². The fourth-order valence-electron chi connectivity index (χ4n) is 2.66. The van der Waals surface area contributed by atoms with Gasteiger partial charge in [-0.05, 0) is 18.2 Å². The molecule has 1 aliphatic rings. The summed E-state index contributed by atoms with van der Waals surface area (Å²) < 4.78 is 11.1. The highest BCUT2D eigenvalue weighted by Gasteiger charge is 2.13. The molecule has 6 nitrogen and oxygen atoms in total. The maximum Gasteiger partial charge on any atom is 0.254 e. The van der Waals surface area contributed by atoms with Crippen LogP contribution in [-0.4, -0.2) is 49.9 Å². The van der Waals surface area contributed by atoms with E-state index in [9.17, 15) is 4.79 Å². The predicted octanol–water partition coefficient (Wildman–Crippen LogP) is 2.70. The summed E-state index contributed by atoms with van der Waals surface area (Å²) in [5.74, 6) is 0.520. The number of carbonyl (C=O) groups excluding carboxylic acids is 1. The van der Waals surface area contributed by atoms with Crippen molar-refractivity contribution >= 4 is 23.7 Å². The van der Waals surface area contributed by atoms with Crippen molar-refractivity contribution in [3.63, 3.8) is 0 Å². The Morgan fingerprint density at radius 2 is 1.93 bits per heavy atom. The standard InChI is InChI=1S/C20H22ClN3O3/c21-18-7-3-1-6-17(18)15-27-19-8-4-2-5-16(19)13-22-23-20(25)14-24-9-11-26-12-10-24/h1-8,13H,9-12,14-15H2,(H,23,25). The molecule has 0 atom stereocenters. The van der Waals surface area contributed by atoms with Crippen molar-refractivity contribution in [1.29, 1.82) is 0 Å². The van der Waals surface area contributed by atoms with Gasteiger partial charge in [0.2, 0.25) is 0 Å². The van der Waals surface area contributed by atoms with Crippen molar-refractivity contribution in [2.24, 2.45) is 5.10 Å². The first-order valence-electron chi connectivity index (χ1n) is 8.79. The molecule has 0 radical (unpaired) electrons. The van der Waals surface area contributed by atoms with Gasteiger partial charge in [-0.2, -0.15) is 5.10 Å². The van der Waals surface area contributed by atoms with Gasteiger partial charge in [-0.3, -0.25) is 9.69 Å². The third-order valence-electron chi connectivity index (χ3n) is 4.12. The number of rotatable bonds is 7. The molecule has 1 aliphatic heterocycles. The normalized spacial score (nSPS) is 15.0. The van der Waals surface area contributed by atoms with Crippen LogP contribution in [0, 0.1) is 0 Å². The number of benzene rings is 2. The third kappa shape index (κ3) is 6.06. The van der Waals surface area contributed by atoms with Gasteiger partial charge in [0.25, 0.3) is 5.91 Å². The summed E-state index contributed by atoms with van der Waals surface area (Å²) in [4.78, 5) is 14.0. The summed E-state index contributed by atoms with van der Waals surface area (Å²) in [7, 11) is 0. The summed E-state index contributed by atoms with van der Waals surface area (Å²) in [5, 5.41) is 4.72. The number of carbonyl (C=O) groups is 1. The quantitative estimate of drug-likeness (QED) is 0.586. The molecule has 7 heteroatoms. The number of halogens is 1.